The second-order valence-electron chi connectivity index (χ2n) is 6.98. The minimum absolute atomic E-state index is 0.0691. The van der Waals surface area contributed by atoms with Crippen molar-refractivity contribution < 1.29 is 14.3 Å². The molecule has 22 heavy (non-hydrogen) atoms. The third-order valence-corrected chi connectivity index (χ3v) is 4.60. The highest BCUT2D eigenvalue weighted by Crippen LogP contribution is 2.48. The molecule has 0 N–H and O–H groups in total. The van der Waals surface area contributed by atoms with Gasteiger partial charge in [-0.3, -0.25) is 9.48 Å². The van der Waals surface area contributed by atoms with E-state index in [1.807, 2.05) is 24.3 Å². The molecule has 1 unspecified atom stereocenters. The molecule has 0 aromatic carbocycles. The standard InChI is InChI=1S/C16H25N3O3/c1-16(2)11-19(15(16)12-8-17-18(3)9-12)14(20)10-22-13-4-6-21-7-5-13/h8-9,13,15H,4-7,10-11H2,1-3H3. The minimum atomic E-state index is 0.0691. The van der Waals surface area contributed by atoms with Crippen LogP contribution < -0.4 is 0 Å². The molecule has 0 aliphatic carbocycles. The van der Waals surface area contributed by atoms with Gasteiger partial charge in [0.2, 0.25) is 5.91 Å². The molecule has 1 aromatic heterocycles. The third kappa shape index (κ3) is 3.03. The summed E-state index contributed by atoms with van der Waals surface area (Å²) in [5.74, 6) is 0.0691. The van der Waals surface area contributed by atoms with Gasteiger partial charge in [0.05, 0.1) is 18.3 Å². The summed E-state index contributed by atoms with van der Waals surface area (Å²) in [4.78, 5) is 14.4. The summed E-state index contributed by atoms with van der Waals surface area (Å²) < 4.78 is 12.9. The van der Waals surface area contributed by atoms with Crippen LogP contribution in [0.25, 0.3) is 0 Å². The average molecular weight is 307 g/mol. The number of hydrogen-bond acceptors (Lipinski definition) is 4. The molecule has 2 aliphatic heterocycles. The maximum absolute atomic E-state index is 12.5. The fourth-order valence-electron chi connectivity index (χ4n) is 3.49. The molecule has 122 valence electrons. The lowest BCUT2D eigenvalue weighted by atomic mass is 9.72. The first-order valence-electron chi connectivity index (χ1n) is 7.95. The number of nitrogens with zero attached hydrogens (tertiary/aromatic N) is 3. The van der Waals surface area contributed by atoms with Crippen LogP contribution in [0, 0.1) is 5.41 Å². The van der Waals surface area contributed by atoms with E-state index in [9.17, 15) is 4.79 Å². The fourth-order valence-corrected chi connectivity index (χ4v) is 3.49. The zero-order valence-electron chi connectivity index (χ0n) is 13.6. The first kappa shape index (κ1) is 15.5. The summed E-state index contributed by atoms with van der Waals surface area (Å²) in [5, 5.41) is 4.23. The van der Waals surface area contributed by atoms with Gasteiger partial charge in [-0.2, -0.15) is 5.10 Å². The van der Waals surface area contributed by atoms with E-state index in [0.29, 0.717) is 0 Å². The van der Waals surface area contributed by atoms with Crippen LogP contribution in [0.15, 0.2) is 12.4 Å². The zero-order chi connectivity index (χ0) is 15.7. The van der Waals surface area contributed by atoms with Crippen LogP contribution in [0.5, 0.6) is 0 Å². The van der Waals surface area contributed by atoms with Crippen LogP contribution >= 0.6 is 0 Å². The van der Waals surface area contributed by atoms with Gasteiger partial charge in [-0.15, -0.1) is 0 Å². The smallest absolute Gasteiger partial charge is 0.249 e. The van der Waals surface area contributed by atoms with Crippen molar-refractivity contribution in [3.63, 3.8) is 0 Å². The molecular formula is C16H25N3O3. The quantitative estimate of drug-likeness (QED) is 0.846. The largest absolute Gasteiger partial charge is 0.381 e. The van der Waals surface area contributed by atoms with Gasteiger partial charge in [0.25, 0.3) is 0 Å². The van der Waals surface area contributed by atoms with Gasteiger partial charge in [0.1, 0.15) is 6.61 Å². The Balaban J connectivity index is 1.59. The van der Waals surface area contributed by atoms with Crippen molar-refractivity contribution in [1.29, 1.82) is 0 Å². The predicted molar refractivity (Wildman–Crippen MR) is 81.2 cm³/mol. The van der Waals surface area contributed by atoms with Crippen molar-refractivity contribution in [1.82, 2.24) is 14.7 Å². The molecule has 2 saturated heterocycles. The molecule has 2 aliphatic rings. The Morgan fingerprint density at radius 3 is 2.77 bits per heavy atom. The van der Waals surface area contributed by atoms with Crippen LogP contribution in [0.4, 0.5) is 0 Å². The normalized spacial score (nSPS) is 25.0. The van der Waals surface area contributed by atoms with Crippen LogP contribution in [0.1, 0.15) is 38.3 Å². The lowest BCUT2D eigenvalue weighted by molar-refractivity contribution is -0.160. The van der Waals surface area contributed by atoms with Crippen molar-refractivity contribution >= 4 is 5.91 Å². The number of hydrogen-bond donors (Lipinski definition) is 0. The maximum atomic E-state index is 12.5. The molecule has 1 aromatic rings. The average Bonchev–Trinajstić information content (AvgIpc) is 2.89. The summed E-state index contributed by atoms with van der Waals surface area (Å²) in [5.41, 5.74) is 1.18. The highest BCUT2D eigenvalue weighted by molar-refractivity contribution is 5.79. The maximum Gasteiger partial charge on any atom is 0.249 e. The van der Waals surface area contributed by atoms with Gasteiger partial charge in [0, 0.05) is 44.0 Å². The molecule has 1 amide bonds. The summed E-state index contributed by atoms with van der Waals surface area (Å²) in [7, 11) is 1.90. The van der Waals surface area contributed by atoms with Crippen LogP contribution in [-0.4, -0.2) is 53.1 Å². The summed E-state index contributed by atoms with van der Waals surface area (Å²) >= 11 is 0. The van der Waals surface area contributed by atoms with Crippen LogP contribution in [0.3, 0.4) is 0 Å². The third-order valence-electron chi connectivity index (χ3n) is 4.60. The Morgan fingerprint density at radius 2 is 2.18 bits per heavy atom. The van der Waals surface area contributed by atoms with Crippen molar-refractivity contribution in [2.75, 3.05) is 26.4 Å². The number of amides is 1. The molecule has 0 spiro atoms. The molecule has 2 fully saturated rings. The van der Waals surface area contributed by atoms with Gasteiger partial charge >= 0.3 is 0 Å². The van der Waals surface area contributed by atoms with Gasteiger partial charge < -0.3 is 14.4 Å². The fraction of sp³-hybridized carbons (Fsp3) is 0.750. The van der Waals surface area contributed by atoms with Crippen molar-refractivity contribution in [3.05, 3.63) is 18.0 Å². The lowest BCUT2D eigenvalue weighted by Crippen LogP contribution is -2.58. The SMILES string of the molecule is Cn1cc(C2N(C(=O)COC3CCOCC3)CC2(C)C)cn1. The first-order chi connectivity index (χ1) is 10.5. The summed E-state index contributed by atoms with van der Waals surface area (Å²) in [6, 6.07) is 0.0898. The van der Waals surface area contributed by atoms with Crippen molar-refractivity contribution in [2.45, 2.75) is 38.8 Å². The monoisotopic (exact) mass is 307 g/mol. The number of aryl methyl sites for hydroxylation is 1. The summed E-state index contributed by atoms with van der Waals surface area (Å²) in [6.45, 7) is 6.77. The number of carbonyl (C=O) groups excluding carboxylic acids is 1. The Hall–Kier alpha value is -1.40. The van der Waals surface area contributed by atoms with Crippen molar-refractivity contribution in [2.24, 2.45) is 12.5 Å². The van der Waals surface area contributed by atoms with E-state index in [0.717, 1.165) is 38.2 Å². The molecule has 3 heterocycles. The Labute approximate surface area is 131 Å². The minimum Gasteiger partial charge on any atom is -0.381 e. The van der Waals surface area contributed by atoms with E-state index in [1.54, 1.807) is 4.68 Å². The molecular weight excluding hydrogens is 282 g/mol. The van der Waals surface area contributed by atoms with E-state index in [-0.39, 0.29) is 30.1 Å². The van der Waals surface area contributed by atoms with Gasteiger partial charge in [0.15, 0.2) is 0 Å². The topological polar surface area (TPSA) is 56.6 Å². The lowest BCUT2D eigenvalue weighted by Gasteiger charge is -2.54. The second-order valence-corrected chi connectivity index (χ2v) is 6.98. The number of carbonyl (C=O) groups is 1. The van der Waals surface area contributed by atoms with E-state index in [2.05, 4.69) is 18.9 Å². The van der Waals surface area contributed by atoms with E-state index >= 15 is 0 Å². The van der Waals surface area contributed by atoms with E-state index < -0.39 is 0 Å². The summed E-state index contributed by atoms with van der Waals surface area (Å²) in [6.07, 6.45) is 5.76. The highest BCUT2D eigenvalue weighted by Gasteiger charge is 2.49. The molecule has 1 atom stereocenters. The van der Waals surface area contributed by atoms with E-state index in [4.69, 9.17) is 9.47 Å². The molecule has 0 bridgehead atoms. The number of ether oxygens (including phenoxy) is 2. The molecule has 3 rings (SSSR count). The molecule has 6 heteroatoms. The van der Waals surface area contributed by atoms with Gasteiger partial charge in [-0.1, -0.05) is 13.8 Å². The highest BCUT2D eigenvalue weighted by atomic mass is 16.5. The Kier molecular flexibility index (Phi) is 4.23. The van der Waals surface area contributed by atoms with Crippen LogP contribution in [-0.2, 0) is 21.3 Å². The van der Waals surface area contributed by atoms with Gasteiger partial charge in [-0.05, 0) is 12.8 Å². The van der Waals surface area contributed by atoms with Crippen LogP contribution in [0.2, 0.25) is 0 Å². The van der Waals surface area contributed by atoms with E-state index in [1.165, 1.54) is 0 Å². The molecule has 0 saturated carbocycles. The second kappa shape index (κ2) is 6.01. The number of aromatic nitrogens is 2. The predicted octanol–water partition coefficient (Wildman–Crippen LogP) is 1.53. The van der Waals surface area contributed by atoms with Gasteiger partial charge in [-0.25, -0.2) is 0 Å². The first-order valence-corrected chi connectivity index (χ1v) is 7.95. The number of rotatable bonds is 4. The number of likely N-dealkylation sites (tertiary alicyclic amines) is 1. The molecule has 6 nitrogen and oxygen atoms in total. The Morgan fingerprint density at radius 1 is 1.45 bits per heavy atom. The molecule has 0 radical (unpaired) electrons. The van der Waals surface area contributed by atoms with Crippen molar-refractivity contribution in [3.8, 4) is 0 Å². The Bertz CT molecular complexity index is 534. The zero-order valence-corrected chi connectivity index (χ0v) is 13.6.